The van der Waals surface area contributed by atoms with Crippen molar-refractivity contribution >= 4 is 36.0 Å². The summed E-state index contributed by atoms with van der Waals surface area (Å²) in [5.74, 6) is 0.648. The van der Waals surface area contributed by atoms with E-state index in [-0.39, 0.29) is 41.7 Å². The molecule has 1 aromatic rings. The number of nitrogens with zero attached hydrogens (tertiary/aromatic N) is 3. The van der Waals surface area contributed by atoms with Crippen molar-refractivity contribution in [3.63, 3.8) is 0 Å². The summed E-state index contributed by atoms with van der Waals surface area (Å²) in [7, 11) is 3.46. The van der Waals surface area contributed by atoms with Crippen LogP contribution in [0.25, 0.3) is 0 Å². The minimum Gasteiger partial charge on any atom is -0.345 e. The van der Waals surface area contributed by atoms with Gasteiger partial charge < -0.3 is 9.80 Å². The van der Waals surface area contributed by atoms with Crippen molar-refractivity contribution in [2.24, 2.45) is 0 Å². The molecule has 0 aliphatic carbocycles. The number of likely N-dealkylation sites (tertiary alicyclic amines) is 1. The molecular formula is C18H23ClN4O2S. The summed E-state index contributed by atoms with van der Waals surface area (Å²) in [6.07, 6.45) is 1.65. The third kappa shape index (κ3) is 4.14. The van der Waals surface area contributed by atoms with Crippen LogP contribution in [0.1, 0.15) is 34.1 Å². The summed E-state index contributed by atoms with van der Waals surface area (Å²) in [6.45, 7) is 0.664. The van der Waals surface area contributed by atoms with Crippen LogP contribution in [-0.2, 0) is 4.79 Å². The molecule has 6 nitrogen and oxygen atoms in total. The Morgan fingerprint density at radius 3 is 2.85 bits per heavy atom. The molecule has 2 amide bonds. The lowest BCUT2D eigenvalue weighted by Gasteiger charge is -2.23. The fraction of sp³-hybridized carbons (Fsp3) is 0.500. The van der Waals surface area contributed by atoms with E-state index in [1.807, 2.05) is 18.2 Å². The van der Waals surface area contributed by atoms with Gasteiger partial charge in [-0.25, -0.2) is 0 Å². The van der Waals surface area contributed by atoms with Crippen LogP contribution in [0.5, 0.6) is 0 Å². The molecule has 2 saturated heterocycles. The van der Waals surface area contributed by atoms with Crippen molar-refractivity contribution < 1.29 is 9.59 Å². The minimum atomic E-state index is -0.292. The molecule has 3 rings (SSSR count). The van der Waals surface area contributed by atoms with Gasteiger partial charge in [-0.05, 0) is 30.5 Å². The van der Waals surface area contributed by atoms with E-state index in [9.17, 15) is 14.9 Å². The lowest BCUT2D eigenvalue weighted by molar-refractivity contribution is -0.132. The van der Waals surface area contributed by atoms with Crippen molar-refractivity contribution in [3.05, 3.63) is 35.4 Å². The molecule has 0 bridgehead atoms. The van der Waals surface area contributed by atoms with E-state index in [1.54, 1.807) is 41.7 Å². The number of carbonyl (C=O) groups is 2. The van der Waals surface area contributed by atoms with Gasteiger partial charge in [0.2, 0.25) is 5.91 Å². The third-order valence-corrected chi connectivity index (χ3v) is 5.87. The van der Waals surface area contributed by atoms with Gasteiger partial charge in [0, 0.05) is 32.0 Å². The number of benzene rings is 1. The van der Waals surface area contributed by atoms with E-state index in [4.69, 9.17) is 0 Å². The molecule has 1 unspecified atom stereocenters. The van der Waals surface area contributed by atoms with Gasteiger partial charge in [0.25, 0.3) is 5.91 Å². The predicted molar refractivity (Wildman–Crippen MR) is 104 cm³/mol. The molecule has 2 aliphatic rings. The maximum absolute atomic E-state index is 12.7. The lowest BCUT2D eigenvalue weighted by Crippen LogP contribution is -2.46. The van der Waals surface area contributed by atoms with Crippen molar-refractivity contribution in [1.82, 2.24) is 15.1 Å². The number of carbonyl (C=O) groups excluding carboxylic acids is 2. The van der Waals surface area contributed by atoms with Gasteiger partial charge in [0.1, 0.15) is 6.04 Å². The number of nitriles is 1. The summed E-state index contributed by atoms with van der Waals surface area (Å²) in [5.41, 5.74) is 1.63. The highest BCUT2D eigenvalue weighted by molar-refractivity contribution is 7.99. The summed E-state index contributed by atoms with van der Waals surface area (Å²) < 4.78 is 0. The summed E-state index contributed by atoms with van der Waals surface area (Å²) in [6, 6.07) is 9.17. The van der Waals surface area contributed by atoms with Crippen LogP contribution in [0.4, 0.5) is 0 Å². The van der Waals surface area contributed by atoms with Crippen LogP contribution < -0.4 is 5.32 Å². The molecule has 2 aliphatic heterocycles. The molecule has 26 heavy (non-hydrogen) atoms. The first-order valence-electron chi connectivity index (χ1n) is 8.40. The van der Waals surface area contributed by atoms with Gasteiger partial charge >= 0.3 is 0 Å². The lowest BCUT2D eigenvalue weighted by atomic mass is 10.1. The molecule has 2 fully saturated rings. The number of amides is 2. The average Bonchev–Trinajstić information content (AvgIpc) is 3.29. The first-order chi connectivity index (χ1) is 12.0. The van der Waals surface area contributed by atoms with Crippen LogP contribution in [0.2, 0.25) is 0 Å². The fourth-order valence-corrected chi connectivity index (χ4v) is 4.49. The van der Waals surface area contributed by atoms with Crippen molar-refractivity contribution in [3.8, 4) is 6.07 Å². The number of thioether (sulfide) groups is 1. The van der Waals surface area contributed by atoms with E-state index in [1.165, 1.54) is 0 Å². The highest BCUT2D eigenvalue weighted by atomic mass is 35.5. The number of nitrogens with one attached hydrogen (secondary N) is 1. The van der Waals surface area contributed by atoms with Crippen LogP contribution >= 0.6 is 24.2 Å². The van der Waals surface area contributed by atoms with E-state index < -0.39 is 0 Å². The van der Waals surface area contributed by atoms with Gasteiger partial charge in [-0.3, -0.25) is 14.9 Å². The second-order valence-corrected chi connectivity index (χ2v) is 7.71. The summed E-state index contributed by atoms with van der Waals surface area (Å²) in [4.78, 5) is 28.1. The third-order valence-electron chi connectivity index (χ3n) is 4.61. The zero-order valence-electron chi connectivity index (χ0n) is 14.8. The molecule has 0 radical (unpaired) electrons. The van der Waals surface area contributed by atoms with Gasteiger partial charge in [0.05, 0.1) is 17.5 Å². The standard InChI is InChI=1S/C18H22N4O2S.ClH/c1-21(2)17(23)13-6-3-5-12(9-13)16-20-15(11-25-16)18(24)22-8-4-7-14(22)10-19;/h3,5-6,9,14-16,20H,4,7-8,11H2,1-2H3;1H/t14-,15-,16?;/m0./s1. The van der Waals surface area contributed by atoms with E-state index >= 15 is 0 Å². The Morgan fingerprint density at radius 2 is 2.15 bits per heavy atom. The summed E-state index contributed by atoms with van der Waals surface area (Å²) >= 11 is 1.66. The second-order valence-electron chi connectivity index (χ2n) is 6.58. The molecule has 1 aromatic carbocycles. The Kier molecular flexibility index (Phi) is 6.93. The highest BCUT2D eigenvalue weighted by Crippen LogP contribution is 2.34. The van der Waals surface area contributed by atoms with Gasteiger partial charge in [0.15, 0.2) is 0 Å². The average molecular weight is 395 g/mol. The van der Waals surface area contributed by atoms with Crippen LogP contribution in [-0.4, -0.2) is 60.1 Å². The normalized spacial score (nSPS) is 24.7. The Bertz CT molecular complexity index is 721. The largest absolute Gasteiger partial charge is 0.345 e. The van der Waals surface area contributed by atoms with Gasteiger partial charge in [-0.2, -0.15) is 5.26 Å². The van der Waals surface area contributed by atoms with Gasteiger partial charge in [-0.15, -0.1) is 24.2 Å². The molecule has 0 aromatic heterocycles. The Hall–Kier alpha value is -1.75. The first-order valence-corrected chi connectivity index (χ1v) is 9.45. The Labute approximate surface area is 164 Å². The quantitative estimate of drug-likeness (QED) is 0.848. The SMILES string of the molecule is CN(C)C(=O)c1cccc(C2N[C@H](C(=O)N3CCC[C@H]3C#N)CS2)c1.Cl. The number of halogens is 1. The molecule has 8 heteroatoms. The van der Waals surface area contributed by atoms with Crippen LogP contribution in [0.15, 0.2) is 24.3 Å². The summed E-state index contributed by atoms with van der Waals surface area (Å²) in [5, 5.41) is 12.5. The van der Waals surface area contributed by atoms with Crippen LogP contribution in [0, 0.1) is 11.3 Å². The molecule has 2 heterocycles. The number of rotatable bonds is 3. The minimum absolute atomic E-state index is 0. The molecule has 140 valence electrons. The monoisotopic (exact) mass is 394 g/mol. The zero-order valence-corrected chi connectivity index (χ0v) is 16.5. The van der Waals surface area contributed by atoms with Gasteiger partial charge in [-0.1, -0.05) is 12.1 Å². The van der Waals surface area contributed by atoms with Crippen LogP contribution in [0.3, 0.4) is 0 Å². The van der Waals surface area contributed by atoms with Crippen molar-refractivity contribution in [2.45, 2.75) is 30.3 Å². The smallest absolute Gasteiger partial charge is 0.253 e. The Morgan fingerprint density at radius 1 is 1.38 bits per heavy atom. The predicted octanol–water partition coefficient (Wildman–Crippen LogP) is 2.03. The van der Waals surface area contributed by atoms with Crippen molar-refractivity contribution in [1.29, 1.82) is 5.26 Å². The van der Waals surface area contributed by atoms with E-state index in [0.29, 0.717) is 17.9 Å². The van der Waals surface area contributed by atoms with Crippen molar-refractivity contribution in [2.75, 3.05) is 26.4 Å². The van der Waals surface area contributed by atoms with E-state index in [2.05, 4.69) is 11.4 Å². The maximum atomic E-state index is 12.7. The fourth-order valence-electron chi connectivity index (χ4n) is 3.26. The molecule has 0 saturated carbocycles. The highest BCUT2D eigenvalue weighted by Gasteiger charge is 2.37. The number of hydrogen-bond acceptors (Lipinski definition) is 5. The molecule has 3 atom stereocenters. The first kappa shape index (κ1) is 20.6. The second kappa shape index (κ2) is 8.76. The Balaban J connectivity index is 0.00000243. The maximum Gasteiger partial charge on any atom is 0.253 e. The van der Waals surface area contributed by atoms with E-state index in [0.717, 1.165) is 18.4 Å². The molecule has 0 spiro atoms. The topological polar surface area (TPSA) is 76.4 Å². The molecule has 1 N–H and O–H groups in total. The zero-order chi connectivity index (χ0) is 18.0. The molecular weight excluding hydrogens is 372 g/mol. The number of hydrogen-bond donors (Lipinski definition) is 1.